The molecule has 1 fully saturated rings. The summed E-state index contributed by atoms with van der Waals surface area (Å²) in [5, 5.41) is 3.71. The van der Waals surface area contributed by atoms with E-state index in [1.807, 2.05) is 0 Å². The third-order valence-electron chi connectivity index (χ3n) is 5.22. The molecule has 1 aliphatic rings. The molecule has 1 saturated heterocycles. The van der Waals surface area contributed by atoms with Gasteiger partial charge in [-0.05, 0) is 38.2 Å². The van der Waals surface area contributed by atoms with Crippen LogP contribution >= 0.6 is 0 Å². The van der Waals surface area contributed by atoms with E-state index in [4.69, 9.17) is 0 Å². The Morgan fingerprint density at radius 2 is 1.50 bits per heavy atom. The number of benzene rings is 1. The smallest absolute Gasteiger partial charge is 0.0234 e. The Morgan fingerprint density at radius 3 is 2.04 bits per heavy atom. The summed E-state index contributed by atoms with van der Waals surface area (Å²) in [6.45, 7) is 19.7. The minimum Gasteiger partial charge on any atom is -0.311 e. The Labute approximate surface area is 149 Å². The Kier molecular flexibility index (Phi) is 6.85. The molecule has 1 N–H and O–H groups in total. The highest BCUT2D eigenvalue weighted by Gasteiger charge is 2.28. The first-order valence-corrected chi connectivity index (χ1v) is 9.53. The number of piperazine rings is 1. The van der Waals surface area contributed by atoms with Gasteiger partial charge in [-0.15, -0.1) is 0 Å². The quantitative estimate of drug-likeness (QED) is 0.823. The van der Waals surface area contributed by atoms with Crippen LogP contribution in [0.25, 0.3) is 0 Å². The lowest BCUT2D eigenvalue weighted by Gasteiger charge is -2.41. The summed E-state index contributed by atoms with van der Waals surface area (Å²) in [6, 6.07) is 10.8. The third kappa shape index (κ3) is 6.54. The van der Waals surface area contributed by atoms with E-state index in [1.54, 1.807) is 0 Å². The summed E-state index contributed by atoms with van der Waals surface area (Å²) in [5.41, 5.74) is 1.98. The van der Waals surface area contributed by atoms with E-state index in [1.165, 1.54) is 44.7 Å². The molecule has 136 valence electrons. The summed E-state index contributed by atoms with van der Waals surface area (Å²) in [6.07, 6.45) is 1.22. The molecule has 1 atom stereocenters. The van der Waals surface area contributed by atoms with Gasteiger partial charge in [0.05, 0.1) is 0 Å². The molecule has 0 bridgehead atoms. The van der Waals surface area contributed by atoms with Crippen LogP contribution in [0.4, 0.5) is 0 Å². The average Bonchev–Trinajstić information content (AvgIpc) is 2.55. The van der Waals surface area contributed by atoms with Crippen LogP contribution in [0.5, 0.6) is 0 Å². The van der Waals surface area contributed by atoms with Crippen LogP contribution in [0.15, 0.2) is 30.3 Å². The second kappa shape index (κ2) is 8.46. The van der Waals surface area contributed by atoms with Crippen molar-refractivity contribution in [3.8, 4) is 0 Å². The van der Waals surface area contributed by atoms with Crippen molar-refractivity contribution in [3.05, 3.63) is 35.9 Å². The first kappa shape index (κ1) is 19.4. The fourth-order valence-electron chi connectivity index (χ4n) is 3.26. The van der Waals surface area contributed by atoms with E-state index < -0.39 is 0 Å². The zero-order chi connectivity index (χ0) is 17.6. The van der Waals surface area contributed by atoms with Gasteiger partial charge in [-0.25, -0.2) is 0 Å². The van der Waals surface area contributed by atoms with Gasteiger partial charge in [0.15, 0.2) is 0 Å². The van der Waals surface area contributed by atoms with E-state index >= 15 is 0 Å². The highest BCUT2D eigenvalue weighted by Crippen LogP contribution is 2.23. The number of hydrogen-bond acceptors (Lipinski definition) is 3. The van der Waals surface area contributed by atoms with Gasteiger partial charge >= 0.3 is 0 Å². The SMILES string of the molecule is CCC(C)(CNC(C)(C)C)CN1CCN(Cc2ccccc2)CC1. The second-order valence-corrected chi connectivity index (χ2v) is 8.81. The number of rotatable bonds is 7. The molecular weight excluding hydrogens is 294 g/mol. The van der Waals surface area contributed by atoms with Crippen LogP contribution in [0.1, 0.15) is 46.6 Å². The van der Waals surface area contributed by atoms with Crippen molar-refractivity contribution >= 4 is 0 Å². The van der Waals surface area contributed by atoms with Gasteiger partial charge in [-0.3, -0.25) is 4.90 Å². The van der Waals surface area contributed by atoms with Gasteiger partial charge in [-0.2, -0.15) is 0 Å². The van der Waals surface area contributed by atoms with Crippen molar-refractivity contribution < 1.29 is 0 Å². The first-order chi connectivity index (χ1) is 11.3. The van der Waals surface area contributed by atoms with Crippen molar-refractivity contribution in [2.75, 3.05) is 39.3 Å². The summed E-state index contributed by atoms with van der Waals surface area (Å²) >= 11 is 0. The topological polar surface area (TPSA) is 18.5 Å². The zero-order valence-corrected chi connectivity index (χ0v) is 16.4. The van der Waals surface area contributed by atoms with Crippen molar-refractivity contribution in [1.29, 1.82) is 0 Å². The van der Waals surface area contributed by atoms with Crippen LogP contribution in [0.2, 0.25) is 0 Å². The molecule has 0 amide bonds. The van der Waals surface area contributed by atoms with Crippen LogP contribution in [-0.4, -0.2) is 54.6 Å². The molecular formula is C21H37N3. The first-order valence-electron chi connectivity index (χ1n) is 9.53. The number of hydrogen-bond donors (Lipinski definition) is 1. The molecule has 1 aromatic carbocycles. The maximum absolute atomic E-state index is 3.71. The largest absolute Gasteiger partial charge is 0.311 e. The lowest BCUT2D eigenvalue weighted by molar-refractivity contribution is 0.0819. The van der Waals surface area contributed by atoms with E-state index in [-0.39, 0.29) is 5.54 Å². The molecule has 3 nitrogen and oxygen atoms in total. The van der Waals surface area contributed by atoms with E-state index in [0.29, 0.717) is 5.41 Å². The molecule has 24 heavy (non-hydrogen) atoms. The van der Waals surface area contributed by atoms with Crippen LogP contribution < -0.4 is 5.32 Å². The maximum Gasteiger partial charge on any atom is 0.0234 e. The Morgan fingerprint density at radius 1 is 0.917 bits per heavy atom. The number of nitrogens with zero attached hydrogens (tertiary/aromatic N) is 2. The zero-order valence-electron chi connectivity index (χ0n) is 16.4. The van der Waals surface area contributed by atoms with Crippen molar-refractivity contribution in [3.63, 3.8) is 0 Å². The van der Waals surface area contributed by atoms with E-state index in [2.05, 4.69) is 80.1 Å². The Balaban J connectivity index is 1.78. The van der Waals surface area contributed by atoms with E-state index in [0.717, 1.165) is 13.1 Å². The molecule has 0 aliphatic carbocycles. The molecule has 3 heteroatoms. The normalized spacial score (nSPS) is 20.0. The average molecular weight is 332 g/mol. The molecule has 1 aliphatic heterocycles. The molecule has 0 spiro atoms. The Hall–Kier alpha value is -0.900. The predicted molar refractivity (Wildman–Crippen MR) is 104 cm³/mol. The Bertz CT molecular complexity index is 472. The van der Waals surface area contributed by atoms with Crippen LogP contribution in [0, 0.1) is 5.41 Å². The van der Waals surface area contributed by atoms with E-state index in [9.17, 15) is 0 Å². The fourth-order valence-corrected chi connectivity index (χ4v) is 3.26. The maximum atomic E-state index is 3.71. The van der Waals surface area contributed by atoms with Gasteiger partial charge in [0.25, 0.3) is 0 Å². The molecule has 0 saturated carbocycles. The summed E-state index contributed by atoms with van der Waals surface area (Å²) in [4.78, 5) is 5.25. The fraction of sp³-hybridized carbons (Fsp3) is 0.714. The van der Waals surface area contributed by atoms with Gasteiger partial charge in [0.2, 0.25) is 0 Å². The molecule has 2 rings (SSSR count). The van der Waals surface area contributed by atoms with Crippen molar-refractivity contribution in [2.45, 2.75) is 53.1 Å². The number of nitrogens with one attached hydrogen (secondary N) is 1. The van der Waals surface area contributed by atoms with Crippen LogP contribution in [-0.2, 0) is 6.54 Å². The van der Waals surface area contributed by atoms with Gasteiger partial charge in [-0.1, -0.05) is 44.2 Å². The molecule has 1 heterocycles. The minimum atomic E-state index is 0.199. The van der Waals surface area contributed by atoms with Gasteiger partial charge in [0, 0.05) is 51.4 Å². The monoisotopic (exact) mass is 331 g/mol. The van der Waals surface area contributed by atoms with Gasteiger partial charge < -0.3 is 10.2 Å². The molecule has 1 unspecified atom stereocenters. The summed E-state index contributed by atoms with van der Waals surface area (Å²) < 4.78 is 0. The molecule has 1 aromatic rings. The van der Waals surface area contributed by atoms with Crippen molar-refractivity contribution in [1.82, 2.24) is 15.1 Å². The predicted octanol–water partition coefficient (Wildman–Crippen LogP) is 3.61. The van der Waals surface area contributed by atoms with Crippen LogP contribution in [0.3, 0.4) is 0 Å². The summed E-state index contributed by atoms with van der Waals surface area (Å²) in [5.74, 6) is 0. The van der Waals surface area contributed by atoms with Gasteiger partial charge in [0.1, 0.15) is 0 Å². The summed E-state index contributed by atoms with van der Waals surface area (Å²) in [7, 11) is 0. The molecule has 0 aromatic heterocycles. The third-order valence-corrected chi connectivity index (χ3v) is 5.22. The second-order valence-electron chi connectivity index (χ2n) is 8.81. The molecule has 0 radical (unpaired) electrons. The minimum absolute atomic E-state index is 0.199. The van der Waals surface area contributed by atoms with Crippen molar-refractivity contribution in [2.24, 2.45) is 5.41 Å². The standard InChI is InChI=1S/C21H37N3/c1-6-21(5,17-22-20(2,3)4)18-24-14-12-23(13-15-24)16-19-10-8-7-9-11-19/h7-11,22H,6,12-18H2,1-5H3. The lowest BCUT2D eigenvalue weighted by Crippen LogP contribution is -2.52. The highest BCUT2D eigenvalue weighted by molar-refractivity contribution is 5.14. The highest BCUT2D eigenvalue weighted by atomic mass is 15.3. The lowest BCUT2D eigenvalue weighted by atomic mass is 9.85.